The van der Waals surface area contributed by atoms with Crippen molar-refractivity contribution in [3.63, 3.8) is 0 Å². The standard InChI is InChI=1S/C20H14FN3O4/c21-14-6-2-1-4-11(14)9-24-19-16(20(26)27)17(25)15(28-19)8-12-10-23-18-13(12)5-3-7-22-18/h1-8,10,24H,9H2,(H,22,23)(H,26,27). The van der Waals surface area contributed by atoms with Crippen molar-refractivity contribution in [2.75, 3.05) is 0 Å². The zero-order valence-corrected chi connectivity index (χ0v) is 14.4. The van der Waals surface area contributed by atoms with Crippen LogP contribution in [-0.4, -0.2) is 26.8 Å². The third-order valence-electron chi connectivity index (χ3n) is 4.27. The average molecular weight is 379 g/mol. The molecule has 0 saturated carbocycles. The number of H-pyrrole nitrogens is 1. The molecule has 140 valence electrons. The van der Waals surface area contributed by atoms with Crippen molar-refractivity contribution in [2.45, 2.75) is 6.54 Å². The van der Waals surface area contributed by atoms with Crippen LogP contribution in [0.5, 0.6) is 0 Å². The highest BCUT2D eigenvalue weighted by molar-refractivity contribution is 6.26. The first-order chi connectivity index (χ1) is 13.5. The highest BCUT2D eigenvalue weighted by Gasteiger charge is 2.35. The number of carboxylic acids is 1. The van der Waals surface area contributed by atoms with E-state index in [0.717, 1.165) is 5.39 Å². The summed E-state index contributed by atoms with van der Waals surface area (Å²) in [5, 5.41) is 12.9. The molecule has 7 nitrogen and oxygen atoms in total. The molecule has 1 aliphatic heterocycles. The minimum absolute atomic E-state index is 0.0314. The van der Waals surface area contributed by atoms with Crippen molar-refractivity contribution in [1.82, 2.24) is 15.3 Å². The second kappa shape index (κ2) is 6.99. The van der Waals surface area contributed by atoms with Gasteiger partial charge < -0.3 is 20.1 Å². The number of pyridine rings is 1. The molecule has 3 aromatic rings. The van der Waals surface area contributed by atoms with Gasteiger partial charge in [-0.3, -0.25) is 4.79 Å². The van der Waals surface area contributed by atoms with Crippen molar-refractivity contribution in [2.24, 2.45) is 0 Å². The summed E-state index contributed by atoms with van der Waals surface area (Å²) in [6.45, 7) is -0.0314. The van der Waals surface area contributed by atoms with Crippen molar-refractivity contribution in [1.29, 1.82) is 0 Å². The summed E-state index contributed by atoms with van der Waals surface area (Å²) in [6.07, 6.45) is 4.72. The van der Waals surface area contributed by atoms with Crippen molar-refractivity contribution < 1.29 is 23.8 Å². The molecule has 0 amide bonds. The maximum absolute atomic E-state index is 13.8. The molecule has 8 heteroatoms. The monoisotopic (exact) mass is 379 g/mol. The summed E-state index contributed by atoms with van der Waals surface area (Å²) in [6, 6.07) is 9.61. The summed E-state index contributed by atoms with van der Waals surface area (Å²) < 4.78 is 19.2. The van der Waals surface area contributed by atoms with Gasteiger partial charge >= 0.3 is 5.97 Å². The van der Waals surface area contributed by atoms with E-state index in [1.165, 1.54) is 12.1 Å². The largest absolute Gasteiger partial charge is 0.477 e. The lowest BCUT2D eigenvalue weighted by Gasteiger charge is -2.08. The number of ketones is 1. The molecule has 0 unspecified atom stereocenters. The minimum atomic E-state index is -1.43. The zero-order chi connectivity index (χ0) is 19.7. The van der Waals surface area contributed by atoms with Gasteiger partial charge in [0.15, 0.2) is 11.3 Å². The molecule has 1 aliphatic rings. The number of benzene rings is 1. The predicted molar refractivity (Wildman–Crippen MR) is 98.1 cm³/mol. The lowest BCUT2D eigenvalue weighted by molar-refractivity contribution is -0.134. The van der Waals surface area contributed by atoms with Gasteiger partial charge in [-0.1, -0.05) is 18.2 Å². The molecule has 2 aromatic heterocycles. The molecule has 0 radical (unpaired) electrons. The van der Waals surface area contributed by atoms with Crippen LogP contribution in [0.15, 0.2) is 66.0 Å². The first-order valence-electron chi connectivity index (χ1n) is 8.36. The number of carbonyl (C=O) groups excluding carboxylic acids is 1. The molecule has 0 fully saturated rings. The number of ether oxygens (including phenoxy) is 1. The fourth-order valence-corrected chi connectivity index (χ4v) is 2.90. The van der Waals surface area contributed by atoms with E-state index in [1.54, 1.807) is 36.7 Å². The maximum atomic E-state index is 13.8. The van der Waals surface area contributed by atoms with E-state index in [2.05, 4.69) is 15.3 Å². The Bertz CT molecular complexity index is 1160. The summed E-state index contributed by atoms with van der Waals surface area (Å²) in [4.78, 5) is 31.2. The number of nitrogens with one attached hydrogen (secondary N) is 2. The lowest BCUT2D eigenvalue weighted by Crippen LogP contribution is -2.18. The van der Waals surface area contributed by atoms with E-state index < -0.39 is 23.1 Å². The first kappa shape index (κ1) is 17.5. The Labute approximate surface area is 158 Å². The summed E-state index contributed by atoms with van der Waals surface area (Å²) in [5.41, 5.74) is 1.05. The van der Waals surface area contributed by atoms with Gasteiger partial charge in [0, 0.05) is 35.5 Å². The Morgan fingerprint density at radius 1 is 1.29 bits per heavy atom. The number of nitrogens with zero attached hydrogens (tertiary/aromatic N) is 1. The summed E-state index contributed by atoms with van der Waals surface area (Å²) in [7, 11) is 0. The van der Waals surface area contributed by atoms with Gasteiger partial charge in [0.25, 0.3) is 0 Å². The topological polar surface area (TPSA) is 104 Å². The first-order valence-corrected chi connectivity index (χ1v) is 8.36. The van der Waals surface area contributed by atoms with Crippen LogP contribution in [0, 0.1) is 5.82 Å². The maximum Gasteiger partial charge on any atom is 0.345 e. The number of aromatic nitrogens is 2. The van der Waals surface area contributed by atoms with Crippen molar-refractivity contribution in [3.8, 4) is 0 Å². The predicted octanol–water partition coefficient (Wildman–Crippen LogP) is 2.73. The number of fused-ring (bicyclic) bond motifs is 1. The van der Waals surface area contributed by atoms with E-state index in [4.69, 9.17) is 4.74 Å². The number of rotatable bonds is 5. The van der Waals surface area contributed by atoms with E-state index in [0.29, 0.717) is 16.8 Å². The SMILES string of the molecule is O=C(O)C1=C(NCc2ccccc2F)OC(=Cc2c[nH]c3ncccc23)C1=O. The summed E-state index contributed by atoms with van der Waals surface area (Å²) >= 11 is 0. The van der Waals surface area contributed by atoms with Crippen LogP contribution >= 0.6 is 0 Å². The van der Waals surface area contributed by atoms with Crippen LogP contribution in [0.3, 0.4) is 0 Å². The van der Waals surface area contributed by atoms with Crippen LogP contribution in [0.1, 0.15) is 11.1 Å². The number of hydrogen-bond donors (Lipinski definition) is 3. The molecular weight excluding hydrogens is 365 g/mol. The lowest BCUT2D eigenvalue weighted by atomic mass is 10.1. The average Bonchev–Trinajstić information content (AvgIpc) is 3.23. The second-order valence-electron chi connectivity index (χ2n) is 6.04. The van der Waals surface area contributed by atoms with Gasteiger partial charge in [-0.2, -0.15) is 0 Å². The Morgan fingerprint density at radius 3 is 2.89 bits per heavy atom. The molecule has 0 bridgehead atoms. The van der Waals surface area contributed by atoms with Gasteiger partial charge in [0.2, 0.25) is 11.7 Å². The van der Waals surface area contributed by atoms with E-state index in [9.17, 15) is 19.1 Å². The molecule has 0 atom stereocenters. The summed E-state index contributed by atoms with van der Waals surface area (Å²) in [5.74, 6) is -2.99. The van der Waals surface area contributed by atoms with Gasteiger partial charge in [0.1, 0.15) is 11.5 Å². The number of halogens is 1. The minimum Gasteiger partial charge on any atom is -0.477 e. The molecule has 4 rings (SSSR count). The number of allylic oxidation sites excluding steroid dienone is 1. The van der Waals surface area contributed by atoms with Gasteiger partial charge in [0.05, 0.1) is 0 Å². The highest BCUT2D eigenvalue weighted by atomic mass is 19.1. The fourth-order valence-electron chi connectivity index (χ4n) is 2.90. The fraction of sp³-hybridized carbons (Fsp3) is 0.0500. The van der Waals surface area contributed by atoms with Crippen LogP contribution in [-0.2, 0) is 20.9 Å². The normalized spacial score (nSPS) is 15.3. The van der Waals surface area contributed by atoms with Gasteiger partial charge in [-0.25, -0.2) is 14.2 Å². The van der Waals surface area contributed by atoms with E-state index in [1.807, 2.05) is 6.07 Å². The molecule has 28 heavy (non-hydrogen) atoms. The molecule has 3 N–H and O–H groups in total. The number of aliphatic carboxylic acids is 1. The number of carbonyl (C=O) groups is 2. The third-order valence-corrected chi connectivity index (χ3v) is 4.27. The zero-order valence-electron chi connectivity index (χ0n) is 14.4. The number of Topliss-reactive ketones (excluding diaryl/α,β-unsaturated/α-hetero) is 1. The van der Waals surface area contributed by atoms with Crippen LogP contribution in [0.4, 0.5) is 4.39 Å². The quantitative estimate of drug-likeness (QED) is 0.465. The number of carboxylic acid groups (broad SMARTS) is 1. The Balaban J connectivity index is 1.62. The van der Waals surface area contributed by atoms with Crippen molar-refractivity contribution >= 4 is 28.9 Å². The Hall–Kier alpha value is -3.94. The molecule has 3 heterocycles. The third kappa shape index (κ3) is 3.11. The van der Waals surface area contributed by atoms with Gasteiger partial charge in [-0.05, 0) is 24.3 Å². The molecule has 0 spiro atoms. The Kier molecular flexibility index (Phi) is 4.36. The smallest absolute Gasteiger partial charge is 0.345 e. The Morgan fingerprint density at radius 2 is 2.11 bits per heavy atom. The molecular formula is C20H14FN3O4. The second-order valence-corrected chi connectivity index (χ2v) is 6.04. The molecule has 0 aliphatic carbocycles. The number of aromatic amines is 1. The highest BCUT2D eigenvalue weighted by Crippen LogP contribution is 2.27. The van der Waals surface area contributed by atoms with Crippen LogP contribution < -0.4 is 5.32 Å². The van der Waals surface area contributed by atoms with Gasteiger partial charge in [-0.15, -0.1) is 0 Å². The molecule has 1 aromatic carbocycles. The van der Waals surface area contributed by atoms with E-state index in [-0.39, 0.29) is 18.2 Å². The van der Waals surface area contributed by atoms with Crippen molar-refractivity contribution in [3.05, 3.63) is 83.0 Å². The molecule has 0 saturated heterocycles. The number of hydrogen-bond acceptors (Lipinski definition) is 5. The van der Waals surface area contributed by atoms with Crippen LogP contribution in [0.25, 0.3) is 17.1 Å². The van der Waals surface area contributed by atoms with E-state index >= 15 is 0 Å². The van der Waals surface area contributed by atoms with Crippen LogP contribution in [0.2, 0.25) is 0 Å².